The van der Waals surface area contributed by atoms with E-state index >= 15 is 0 Å². The van der Waals surface area contributed by atoms with Crippen molar-refractivity contribution in [3.05, 3.63) is 28.8 Å². The number of nitrogens with one attached hydrogen (secondary N) is 1. The maximum Gasteiger partial charge on any atom is 0.124 e. The van der Waals surface area contributed by atoms with Crippen molar-refractivity contribution in [2.24, 2.45) is 0 Å². The van der Waals surface area contributed by atoms with Crippen molar-refractivity contribution < 1.29 is 4.74 Å². The van der Waals surface area contributed by atoms with E-state index in [4.69, 9.17) is 16.3 Å². The normalized spacial score (nSPS) is 20.3. The molecule has 1 atom stereocenters. The van der Waals surface area contributed by atoms with Gasteiger partial charge in [0.25, 0.3) is 0 Å². The molecule has 1 aliphatic rings. The highest BCUT2D eigenvalue weighted by atomic mass is 35.5. The lowest BCUT2D eigenvalue weighted by atomic mass is 10.1. The second kappa shape index (κ2) is 7.19. The van der Waals surface area contributed by atoms with E-state index in [9.17, 15) is 0 Å². The molecule has 0 aliphatic carbocycles. The summed E-state index contributed by atoms with van der Waals surface area (Å²) in [5.74, 6) is 0.878. The Morgan fingerprint density at radius 2 is 2.28 bits per heavy atom. The van der Waals surface area contributed by atoms with Crippen molar-refractivity contribution in [1.29, 1.82) is 0 Å². The topological polar surface area (TPSA) is 24.5 Å². The third kappa shape index (κ3) is 3.75. The number of hydrogen-bond donors (Lipinski definition) is 1. The first-order chi connectivity index (χ1) is 8.20. The summed E-state index contributed by atoms with van der Waals surface area (Å²) in [5.41, 5.74) is 1.09. The minimum absolute atomic E-state index is 0. The van der Waals surface area contributed by atoms with Crippen LogP contribution in [0.1, 0.15) is 12.5 Å². The maximum absolute atomic E-state index is 6.24. The fourth-order valence-electron chi connectivity index (χ4n) is 2.26. The summed E-state index contributed by atoms with van der Waals surface area (Å²) in [6, 6.07) is 6.35. The lowest BCUT2D eigenvalue weighted by Gasteiger charge is -2.32. The standard InChI is InChI=1S/C13H19ClN2O.ClH/c1-10-8-16(7-6-15-10)9-11-12(14)4-3-5-13(11)17-2;/h3-5,10,15H,6-9H2,1-2H3;1H. The molecule has 1 N–H and O–H groups in total. The van der Waals surface area contributed by atoms with Gasteiger partial charge >= 0.3 is 0 Å². The van der Waals surface area contributed by atoms with Gasteiger partial charge in [-0.3, -0.25) is 4.90 Å². The van der Waals surface area contributed by atoms with E-state index < -0.39 is 0 Å². The molecule has 1 saturated heterocycles. The van der Waals surface area contributed by atoms with Crippen molar-refractivity contribution in [1.82, 2.24) is 10.2 Å². The van der Waals surface area contributed by atoms with Crippen LogP contribution in [0.3, 0.4) is 0 Å². The molecule has 0 saturated carbocycles. The second-order valence-corrected chi connectivity index (χ2v) is 4.92. The quantitative estimate of drug-likeness (QED) is 0.926. The summed E-state index contributed by atoms with van der Waals surface area (Å²) in [6.45, 7) is 6.20. The van der Waals surface area contributed by atoms with Crippen LogP contribution in [0.2, 0.25) is 5.02 Å². The molecule has 5 heteroatoms. The largest absolute Gasteiger partial charge is 0.496 e. The van der Waals surface area contributed by atoms with Crippen LogP contribution in [0.4, 0.5) is 0 Å². The van der Waals surface area contributed by atoms with Gasteiger partial charge in [-0.05, 0) is 19.1 Å². The first-order valence-corrected chi connectivity index (χ1v) is 6.35. The van der Waals surface area contributed by atoms with Gasteiger partial charge < -0.3 is 10.1 Å². The molecular formula is C13H20Cl2N2O. The number of piperazine rings is 1. The Bertz CT molecular complexity index is 387. The highest BCUT2D eigenvalue weighted by Gasteiger charge is 2.18. The monoisotopic (exact) mass is 290 g/mol. The molecule has 1 aromatic rings. The molecule has 1 aliphatic heterocycles. The Morgan fingerprint density at radius 3 is 2.94 bits per heavy atom. The van der Waals surface area contributed by atoms with E-state index in [1.165, 1.54) is 0 Å². The van der Waals surface area contributed by atoms with E-state index in [1.807, 2.05) is 18.2 Å². The number of hydrogen-bond acceptors (Lipinski definition) is 3. The molecule has 1 fully saturated rings. The zero-order valence-electron chi connectivity index (χ0n) is 10.8. The van der Waals surface area contributed by atoms with E-state index in [1.54, 1.807) is 7.11 Å². The number of methoxy groups -OCH3 is 1. The van der Waals surface area contributed by atoms with Crippen LogP contribution < -0.4 is 10.1 Å². The highest BCUT2D eigenvalue weighted by molar-refractivity contribution is 6.31. The van der Waals surface area contributed by atoms with Crippen molar-refractivity contribution in [3.8, 4) is 5.75 Å². The van der Waals surface area contributed by atoms with Crippen LogP contribution >= 0.6 is 24.0 Å². The summed E-state index contributed by atoms with van der Waals surface area (Å²) >= 11 is 6.24. The fourth-order valence-corrected chi connectivity index (χ4v) is 2.49. The fraction of sp³-hybridized carbons (Fsp3) is 0.538. The van der Waals surface area contributed by atoms with E-state index in [-0.39, 0.29) is 12.4 Å². The van der Waals surface area contributed by atoms with Gasteiger partial charge in [-0.1, -0.05) is 17.7 Å². The van der Waals surface area contributed by atoms with Crippen molar-refractivity contribution in [2.45, 2.75) is 19.5 Å². The van der Waals surface area contributed by atoms with Gasteiger partial charge in [0.05, 0.1) is 7.11 Å². The van der Waals surface area contributed by atoms with Crippen molar-refractivity contribution in [3.63, 3.8) is 0 Å². The molecule has 3 nitrogen and oxygen atoms in total. The van der Waals surface area contributed by atoms with Crippen LogP contribution in [0.15, 0.2) is 18.2 Å². The average molecular weight is 291 g/mol. The predicted molar refractivity (Wildman–Crippen MR) is 78.0 cm³/mol. The van der Waals surface area contributed by atoms with Gasteiger partial charge in [0.15, 0.2) is 0 Å². The Morgan fingerprint density at radius 1 is 1.50 bits per heavy atom. The van der Waals surface area contributed by atoms with Crippen LogP contribution in [-0.4, -0.2) is 37.7 Å². The third-order valence-corrected chi connectivity index (χ3v) is 3.48. The van der Waals surface area contributed by atoms with Gasteiger partial charge in [0.1, 0.15) is 5.75 Å². The summed E-state index contributed by atoms with van der Waals surface area (Å²) < 4.78 is 5.37. The average Bonchev–Trinajstić information content (AvgIpc) is 2.32. The second-order valence-electron chi connectivity index (χ2n) is 4.51. The Hall–Kier alpha value is -0.480. The first kappa shape index (κ1) is 15.6. The Kier molecular flexibility index (Phi) is 6.22. The zero-order chi connectivity index (χ0) is 12.3. The lowest BCUT2D eigenvalue weighted by molar-refractivity contribution is 0.197. The number of halogens is 2. The Balaban J connectivity index is 0.00000162. The molecule has 102 valence electrons. The van der Waals surface area contributed by atoms with E-state index in [0.717, 1.165) is 42.5 Å². The van der Waals surface area contributed by atoms with E-state index in [0.29, 0.717) is 6.04 Å². The maximum atomic E-state index is 6.24. The molecule has 1 aromatic carbocycles. The zero-order valence-corrected chi connectivity index (χ0v) is 12.4. The smallest absolute Gasteiger partial charge is 0.124 e. The summed E-state index contributed by atoms with van der Waals surface area (Å²) in [4.78, 5) is 2.41. The Labute approximate surface area is 120 Å². The van der Waals surface area contributed by atoms with Crippen molar-refractivity contribution in [2.75, 3.05) is 26.7 Å². The molecule has 0 amide bonds. The molecule has 0 spiro atoms. The number of ether oxygens (including phenoxy) is 1. The molecule has 1 unspecified atom stereocenters. The minimum Gasteiger partial charge on any atom is -0.496 e. The van der Waals surface area contributed by atoms with Gasteiger partial charge in [-0.25, -0.2) is 0 Å². The van der Waals surface area contributed by atoms with Crippen LogP contribution in [0, 0.1) is 0 Å². The van der Waals surface area contributed by atoms with Gasteiger partial charge in [0.2, 0.25) is 0 Å². The van der Waals surface area contributed by atoms with E-state index in [2.05, 4.69) is 17.1 Å². The molecule has 2 rings (SSSR count). The summed E-state index contributed by atoms with van der Waals surface area (Å²) in [5, 5.41) is 4.22. The van der Waals surface area contributed by atoms with Crippen LogP contribution in [0.5, 0.6) is 5.75 Å². The SMILES string of the molecule is COc1cccc(Cl)c1CN1CCNC(C)C1.Cl. The van der Waals surface area contributed by atoms with Crippen LogP contribution in [-0.2, 0) is 6.54 Å². The van der Waals surface area contributed by atoms with Crippen molar-refractivity contribution >= 4 is 24.0 Å². The molecule has 0 bridgehead atoms. The summed E-state index contributed by atoms with van der Waals surface area (Å²) in [7, 11) is 1.69. The highest BCUT2D eigenvalue weighted by Crippen LogP contribution is 2.27. The van der Waals surface area contributed by atoms with Crippen LogP contribution in [0.25, 0.3) is 0 Å². The lowest BCUT2D eigenvalue weighted by Crippen LogP contribution is -2.48. The molecule has 1 heterocycles. The first-order valence-electron chi connectivity index (χ1n) is 5.98. The number of nitrogens with zero attached hydrogens (tertiary/aromatic N) is 1. The van der Waals surface area contributed by atoms with Gasteiger partial charge in [-0.2, -0.15) is 0 Å². The number of benzene rings is 1. The number of rotatable bonds is 3. The minimum atomic E-state index is 0. The molecular weight excluding hydrogens is 271 g/mol. The molecule has 0 aromatic heterocycles. The van der Waals surface area contributed by atoms with Gasteiger partial charge in [0, 0.05) is 42.8 Å². The molecule has 18 heavy (non-hydrogen) atoms. The van der Waals surface area contributed by atoms with Gasteiger partial charge in [-0.15, -0.1) is 12.4 Å². The third-order valence-electron chi connectivity index (χ3n) is 3.13. The molecule has 0 radical (unpaired) electrons. The summed E-state index contributed by atoms with van der Waals surface area (Å²) in [6.07, 6.45) is 0. The predicted octanol–water partition coefficient (Wildman–Crippen LogP) is 2.56.